The van der Waals surface area contributed by atoms with E-state index in [-0.39, 0.29) is 6.54 Å². The third kappa shape index (κ3) is 2.43. The van der Waals surface area contributed by atoms with Crippen molar-refractivity contribution in [1.82, 2.24) is 10.1 Å². The van der Waals surface area contributed by atoms with Crippen LogP contribution in [-0.4, -0.2) is 23.4 Å². The van der Waals surface area contributed by atoms with Crippen molar-refractivity contribution in [2.24, 2.45) is 5.73 Å². The van der Waals surface area contributed by atoms with E-state index >= 15 is 0 Å². The summed E-state index contributed by atoms with van der Waals surface area (Å²) in [7, 11) is 0. The van der Waals surface area contributed by atoms with Crippen LogP contribution in [0.15, 0.2) is 21.1 Å². The fourth-order valence-electron chi connectivity index (χ4n) is 1.81. The molecule has 6 nitrogen and oxygen atoms in total. The van der Waals surface area contributed by atoms with Gasteiger partial charge in [-0.1, -0.05) is 5.16 Å². The largest absolute Gasteiger partial charge is 0.489 e. The van der Waals surface area contributed by atoms with E-state index in [9.17, 15) is 0 Å². The van der Waals surface area contributed by atoms with Crippen LogP contribution in [-0.2, 0) is 6.54 Å². The second-order valence-electron chi connectivity index (χ2n) is 4.05. The number of hydrogen-bond acceptors (Lipinski definition) is 6. The maximum absolute atomic E-state index is 5.66. The third-order valence-electron chi connectivity index (χ3n) is 2.70. The number of halogens is 1. The van der Waals surface area contributed by atoms with Gasteiger partial charge in [-0.3, -0.25) is 0 Å². The topological polar surface area (TPSA) is 83.4 Å². The lowest BCUT2D eigenvalue weighted by Crippen LogP contribution is -1.97. The van der Waals surface area contributed by atoms with Crippen LogP contribution in [0.2, 0.25) is 0 Å². The molecule has 0 saturated carbocycles. The molecule has 0 saturated heterocycles. The number of nitrogens with two attached hydrogens (primary N) is 1. The van der Waals surface area contributed by atoms with Crippen LogP contribution < -0.4 is 15.2 Å². The van der Waals surface area contributed by atoms with Gasteiger partial charge in [0.15, 0.2) is 11.5 Å². The monoisotopic (exact) mass is 325 g/mol. The molecule has 2 heterocycles. The summed E-state index contributed by atoms with van der Waals surface area (Å²) in [6.07, 6.45) is 0.857. The SMILES string of the molecule is NCc1nc(-c2cc(Br)c3c(c2)OCCCO3)no1. The van der Waals surface area contributed by atoms with Crippen LogP contribution in [0.25, 0.3) is 11.4 Å². The van der Waals surface area contributed by atoms with Gasteiger partial charge in [0.05, 0.1) is 24.2 Å². The van der Waals surface area contributed by atoms with Crippen molar-refractivity contribution in [1.29, 1.82) is 0 Å². The van der Waals surface area contributed by atoms with Crippen LogP contribution in [0.1, 0.15) is 12.3 Å². The molecule has 2 aromatic rings. The molecule has 7 heteroatoms. The van der Waals surface area contributed by atoms with Crippen molar-refractivity contribution in [3.8, 4) is 22.9 Å². The molecule has 0 unspecified atom stereocenters. The standard InChI is InChI=1S/C12H12BrN3O3/c13-8-4-7(12-15-10(6-14)19-16-12)5-9-11(8)18-3-1-2-17-9/h4-5H,1-3,6,14H2. The molecule has 2 N–H and O–H groups in total. The highest BCUT2D eigenvalue weighted by molar-refractivity contribution is 9.10. The van der Waals surface area contributed by atoms with Crippen LogP contribution in [0.5, 0.6) is 11.5 Å². The van der Waals surface area contributed by atoms with Crippen LogP contribution in [0.3, 0.4) is 0 Å². The molecule has 1 aromatic heterocycles. The van der Waals surface area contributed by atoms with Crippen LogP contribution in [0, 0.1) is 0 Å². The lowest BCUT2D eigenvalue weighted by molar-refractivity contribution is 0.296. The molecule has 19 heavy (non-hydrogen) atoms. The van der Waals surface area contributed by atoms with E-state index < -0.39 is 0 Å². The molecule has 1 aliphatic rings. The van der Waals surface area contributed by atoms with Gasteiger partial charge in [-0.2, -0.15) is 4.98 Å². The number of hydrogen-bond donors (Lipinski definition) is 1. The molecular weight excluding hydrogens is 314 g/mol. The Kier molecular flexibility index (Phi) is 3.39. The van der Waals surface area contributed by atoms with E-state index in [1.807, 2.05) is 12.1 Å². The quantitative estimate of drug-likeness (QED) is 0.910. The molecular formula is C12H12BrN3O3. The lowest BCUT2D eigenvalue weighted by Gasteiger charge is -2.10. The molecule has 0 amide bonds. The van der Waals surface area contributed by atoms with Gasteiger partial charge in [0.2, 0.25) is 11.7 Å². The number of aromatic nitrogens is 2. The minimum atomic E-state index is 0.221. The van der Waals surface area contributed by atoms with Crippen molar-refractivity contribution >= 4 is 15.9 Å². The Morgan fingerprint density at radius 2 is 2.11 bits per heavy atom. The first-order chi connectivity index (χ1) is 9.28. The van der Waals surface area contributed by atoms with E-state index in [0.717, 1.165) is 16.5 Å². The molecule has 1 aromatic carbocycles. The predicted octanol–water partition coefficient (Wildman–Crippen LogP) is 2.12. The summed E-state index contributed by atoms with van der Waals surface area (Å²) in [6.45, 7) is 1.49. The van der Waals surface area contributed by atoms with Gasteiger partial charge >= 0.3 is 0 Å². The highest BCUT2D eigenvalue weighted by atomic mass is 79.9. The van der Waals surface area contributed by atoms with Crippen molar-refractivity contribution in [3.05, 3.63) is 22.5 Å². The van der Waals surface area contributed by atoms with Gasteiger partial charge in [0, 0.05) is 12.0 Å². The van der Waals surface area contributed by atoms with E-state index in [2.05, 4.69) is 26.1 Å². The highest BCUT2D eigenvalue weighted by Crippen LogP contribution is 2.40. The van der Waals surface area contributed by atoms with Gasteiger partial charge < -0.3 is 19.7 Å². The fraction of sp³-hybridized carbons (Fsp3) is 0.333. The van der Waals surface area contributed by atoms with Crippen molar-refractivity contribution in [2.45, 2.75) is 13.0 Å². The van der Waals surface area contributed by atoms with Crippen LogP contribution >= 0.6 is 15.9 Å². The molecule has 0 fully saturated rings. The van der Waals surface area contributed by atoms with Crippen LogP contribution in [0.4, 0.5) is 0 Å². The third-order valence-corrected chi connectivity index (χ3v) is 3.29. The summed E-state index contributed by atoms with van der Waals surface area (Å²) in [5.41, 5.74) is 6.24. The fourth-order valence-corrected chi connectivity index (χ4v) is 2.37. The Labute approximate surface area is 118 Å². The first kappa shape index (κ1) is 12.4. The smallest absolute Gasteiger partial charge is 0.240 e. The van der Waals surface area contributed by atoms with E-state index in [1.54, 1.807) is 0 Å². The van der Waals surface area contributed by atoms with Crippen molar-refractivity contribution < 1.29 is 14.0 Å². The predicted molar refractivity (Wildman–Crippen MR) is 70.9 cm³/mol. The first-order valence-electron chi connectivity index (χ1n) is 5.90. The normalized spacial score (nSPS) is 14.2. The Bertz CT molecular complexity index is 600. The van der Waals surface area contributed by atoms with E-state index in [1.165, 1.54) is 0 Å². The Morgan fingerprint density at radius 3 is 2.89 bits per heavy atom. The number of fused-ring (bicyclic) bond motifs is 1. The zero-order valence-corrected chi connectivity index (χ0v) is 11.6. The second-order valence-corrected chi connectivity index (χ2v) is 4.91. The minimum Gasteiger partial charge on any atom is -0.489 e. The number of ether oxygens (including phenoxy) is 2. The molecule has 0 atom stereocenters. The summed E-state index contributed by atoms with van der Waals surface area (Å²) in [5, 5.41) is 3.89. The number of benzene rings is 1. The summed E-state index contributed by atoms with van der Waals surface area (Å²) in [6, 6.07) is 3.72. The zero-order valence-electron chi connectivity index (χ0n) is 10.1. The minimum absolute atomic E-state index is 0.221. The highest BCUT2D eigenvalue weighted by Gasteiger charge is 2.18. The average molecular weight is 326 g/mol. The van der Waals surface area contributed by atoms with E-state index in [0.29, 0.717) is 36.4 Å². The average Bonchev–Trinajstić information content (AvgIpc) is 2.77. The Hall–Kier alpha value is -1.60. The van der Waals surface area contributed by atoms with E-state index in [4.69, 9.17) is 19.7 Å². The molecule has 100 valence electrons. The molecule has 0 bridgehead atoms. The maximum Gasteiger partial charge on any atom is 0.240 e. The van der Waals surface area contributed by atoms with Gasteiger partial charge in [0.1, 0.15) is 0 Å². The molecule has 3 rings (SSSR count). The van der Waals surface area contributed by atoms with Gasteiger partial charge in [-0.25, -0.2) is 0 Å². The number of nitrogens with zero attached hydrogens (tertiary/aromatic N) is 2. The summed E-state index contributed by atoms with van der Waals surface area (Å²) < 4.78 is 17.1. The molecule has 0 aliphatic carbocycles. The second kappa shape index (κ2) is 5.18. The zero-order chi connectivity index (χ0) is 13.2. The summed E-state index contributed by atoms with van der Waals surface area (Å²) in [5.74, 6) is 2.28. The molecule has 1 aliphatic heterocycles. The van der Waals surface area contributed by atoms with Gasteiger partial charge in [-0.15, -0.1) is 0 Å². The maximum atomic E-state index is 5.66. The van der Waals surface area contributed by atoms with Gasteiger partial charge in [0.25, 0.3) is 0 Å². The lowest BCUT2D eigenvalue weighted by atomic mass is 10.2. The number of rotatable bonds is 2. The van der Waals surface area contributed by atoms with Crippen molar-refractivity contribution in [2.75, 3.05) is 13.2 Å². The summed E-state index contributed by atoms with van der Waals surface area (Å²) >= 11 is 3.47. The summed E-state index contributed by atoms with van der Waals surface area (Å²) in [4.78, 5) is 4.19. The molecule has 0 spiro atoms. The van der Waals surface area contributed by atoms with Crippen molar-refractivity contribution in [3.63, 3.8) is 0 Å². The Morgan fingerprint density at radius 1 is 1.26 bits per heavy atom. The first-order valence-corrected chi connectivity index (χ1v) is 6.69. The Balaban J connectivity index is 2.03. The van der Waals surface area contributed by atoms with Gasteiger partial charge in [-0.05, 0) is 28.1 Å². The molecule has 0 radical (unpaired) electrons.